The molecule has 7 nitrogen and oxygen atoms in total. The topological polar surface area (TPSA) is 102 Å². The van der Waals surface area contributed by atoms with Gasteiger partial charge in [0, 0.05) is 6.20 Å². The van der Waals surface area contributed by atoms with Gasteiger partial charge in [-0.25, -0.2) is 4.98 Å². The number of amidine groups is 1. The number of hydrogen-bond donors (Lipinski definition) is 2. The van der Waals surface area contributed by atoms with Gasteiger partial charge >= 0.3 is 0 Å². The van der Waals surface area contributed by atoms with Crippen molar-refractivity contribution in [3.8, 4) is 0 Å². The number of imidazole rings is 1. The van der Waals surface area contributed by atoms with Crippen molar-refractivity contribution in [3.63, 3.8) is 0 Å². The third-order valence-corrected chi connectivity index (χ3v) is 1.77. The number of aromatic nitrogens is 4. The SMILES string of the molecule is N/C(Cc1cnc2nnccn12)=N\O. The van der Waals surface area contributed by atoms with E-state index < -0.39 is 0 Å². The van der Waals surface area contributed by atoms with Crippen molar-refractivity contribution in [1.82, 2.24) is 19.6 Å². The van der Waals surface area contributed by atoms with Crippen LogP contribution < -0.4 is 5.73 Å². The molecule has 2 rings (SSSR count). The number of nitrogens with zero attached hydrogens (tertiary/aromatic N) is 5. The Labute approximate surface area is 78.9 Å². The summed E-state index contributed by atoms with van der Waals surface area (Å²) in [5.41, 5.74) is 6.17. The number of rotatable bonds is 2. The smallest absolute Gasteiger partial charge is 0.253 e. The molecule has 3 N–H and O–H groups in total. The molecule has 7 heteroatoms. The zero-order valence-electron chi connectivity index (χ0n) is 7.20. The molecule has 0 amide bonds. The Balaban J connectivity index is 2.43. The molecule has 0 saturated heterocycles. The van der Waals surface area contributed by atoms with Gasteiger partial charge in [0.15, 0.2) is 0 Å². The molecule has 0 atom stereocenters. The quantitative estimate of drug-likeness (QED) is 0.286. The number of oxime groups is 1. The van der Waals surface area contributed by atoms with Crippen LogP contribution in [0.4, 0.5) is 0 Å². The third-order valence-electron chi connectivity index (χ3n) is 1.77. The van der Waals surface area contributed by atoms with Crippen LogP contribution in [-0.2, 0) is 6.42 Å². The molecule has 0 unspecified atom stereocenters. The summed E-state index contributed by atoms with van der Waals surface area (Å²) < 4.78 is 1.73. The second-order valence-electron chi connectivity index (χ2n) is 2.70. The van der Waals surface area contributed by atoms with Crippen molar-refractivity contribution in [1.29, 1.82) is 0 Å². The summed E-state index contributed by atoms with van der Waals surface area (Å²) in [4.78, 5) is 4.00. The average Bonchev–Trinajstić information content (AvgIpc) is 2.62. The highest BCUT2D eigenvalue weighted by Crippen LogP contribution is 2.02. The van der Waals surface area contributed by atoms with Gasteiger partial charge in [0.25, 0.3) is 5.78 Å². The highest BCUT2D eigenvalue weighted by Gasteiger charge is 2.05. The molecule has 0 radical (unpaired) electrons. The standard InChI is InChI=1S/C7H8N6O/c8-6(12-14)3-5-4-9-7-11-10-1-2-13(5)7/h1-2,4,14H,3H2,(H2,8,12). The van der Waals surface area contributed by atoms with Crippen LogP contribution in [0.15, 0.2) is 23.7 Å². The Hall–Kier alpha value is -2.18. The van der Waals surface area contributed by atoms with Crippen molar-refractivity contribution in [2.24, 2.45) is 10.9 Å². The van der Waals surface area contributed by atoms with Gasteiger partial charge in [0.2, 0.25) is 0 Å². The van der Waals surface area contributed by atoms with Crippen molar-refractivity contribution in [3.05, 3.63) is 24.3 Å². The fraction of sp³-hybridized carbons (Fsp3) is 0.143. The van der Waals surface area contributed by atoms with Crippen LogP contribution in [-0.4, -0.2) is 30.6 Å². The molecule has 0 saturated carbocycles. The summed E-state index contributed by atoms with van der Waals surface area (Å²) in [6.45, 7) is 0. The Kier molecular flexibility index (Phi) is 1.98. The first kappa shape index (κ1) is 8.42. The van der Waals surface area contributed by atoms with E-state index in [1.807, 2.05) is 0 Å². The normalized spacial score (nSPS) is 12.1. The lowest BCUT2D eigenvalue weighted by atomic mass is 10.3. The lowest BCUT2D eigenvalue weighted by Crippen LogP contribution is -2.15. The fourth-order valence-corrected chi connectivity index (χ4v) is 1.15. The monoisotopic (exact) mass is 192 g/mol. The van der Waals surface area contributed by atoms with Gasteiger partial charge in [0.1, 0.15) is 5.84 Å². The fourth-order valence-electron chi connectivity index (χ4n) is 1.15. The minimum atomic E-state index is 0.128. The van der Waals surface area contributed by atoms with Crippen LogP contribution in [0, 0.1) is 0 Å². The van der Waals surface area contributed by atoms with E-state index in [1.165, 1.54) is 0 Å². The molecule has 72 valence electrons. The lowest BCUT2D eigenvalue weighted by molar-refractivity contribution is 0.317. The maximum absolute atomic E-state index is 8.41. The number of nitrogens with two attached hydrogens (primary N) is 1. The molecule has 0 aliphatic rings. The highest BCUT2D eigenvalue weighted by molar-refractivity contribution is 5.81. The average molecular weight is 192 g/mol. The first-order valence-corrected chi connectivity index (χ1v) is 3.91. The second kappa shape index (κ2) is 3.29. The van der Waals surface area contributed by atoms with Crippen LogP contribution in [0.5, 0.6) is 0 Å². The van der Waals surface area contributed by atoms with Crippen LogP contribution in [0.25, 0.3) is 5.78 Å². The van der Waals surface area contributed by atoms with Gasteiger partial charge in [-0.3, -0.25) is 4.40 Å². The Morgan fingerprint density at radius 1 is 1.64 bits per heavy atom. The maximum Gasteiger partial charge on any atom is 0.253 e. The summed E-state index contributed by atoms with van der Waals surface area (Å²) in [6, 6.07) is 0. The molecule has 2 aromatic rings. The van der Waals surface area contributed by atoms with Crippen molar-refractivity contribution in [2.75, 3.05) is 0 Å². The van der Waals surface area contributed by atoms with Crippen LogP contribution in [0.2, 0.25) is 0 Å². The minimum Gasteiger partial charge on any atom is -0.409 e. The van der Waals surface area contributed by atoms with Crippen LogP contribution in [0.1, 0.15) is 5.69 Å². The van der Waals surface area contributed by atoms with Crippen LogP contribution >= 0.6 is 0 Å². The predicted molar refractivity (Wildman–Crippen MR) is 47.9 cm³/mol. The van der Waals surface area contributed by atoms with Crippen LogP contribution in [0.3, 0.4) is 0 Å². The third kappa shape index (κ3) is 1.35. The molecule has 0 spiro atoms. The number of fused-ring (bicyclic) bond motifs is 1. The molecule has 0 aromatic carbocycles. The summed E-state index contributed by atoms with van der Waals surface area (Å²) in [6.07, 6.45) is 5.20. The summed E-state index contributed by atoms with van der Waals surface area (Å²) in [7, 11) is 0. The Morgan fingerprint density at radius 3 is 3.29 bits per heavy atom. The van der Waals surface area contributed by atoms with E-state index in [9.17, 15) is 0 Å². The van der Waals surface area contributed by atoms with Crippen molar-refractivity contribution < 1.29 is 5.21 Å². The first-order valence-electron chi connectivity index (χ1n) is 3.91. The minimum absolute atomic E-state index is 0.128. The van der Waals surface area contributed by atoms with Gasteiger partial charge in [-0.2, -0.15) is 5.10 Å². The summed E-state index contributed by atoms with van der Waals surface area (Å²) in [5.74, 6) is 0.622. The van der Waals surface area contributed by atoms with E-state index in [0.29, 0.717) is 12.2 Å². The first-order chi connectivity index (χ1) is 6.81. The van der Waals surface area contributed by atoms with Gasteiger partial charge in [-0.15, -0.1) is 5.10 Å². The van der Waals surface area contributed by atoms with E-state index in [4.69, 9.17) is 10.9 Å². The molecular formula is C7H8N6O. The summed E-state index contributed by atoms with van der Waals surface area (Å²) >= 11 is 0. The lowest BCUT2D eigenvalue weighted by Gasteiger charge is -1.97. The van der Waals surface area contributed by atoms with E-state index in [0.717, 1.165) is 5.69 Å². The van der Waals surface area contributed by atoms with E-state index in [1.54, 1.807) is 23.0 Å². The van der Waals surface area contributed by atoms with E-state index >= 15 is 0 Å². The molecule has 2 heterocycles. The van der Waals surface area contributed by atoms with E-state index in [2.05, 4.69) is 20.3 Å². The Morgan fingerprint density at radius 2 is 2.50 bits per heavy atom. The van der Waals surface area contributed by atoms with Crippen molar-refractivity contribution >= 4 is 11.6 Å². The Bertz CT molecular complexity index is 476. The largest absolute Gasteiger partial charge is 0.409 e. The molecular weight excluding hydrogens is 184 g/mol. The second-order valence-corrected chi connectivity index (χ2v) is 2.70. The predicted octanol–water partition coefficient (Wildman–Crippen LogP) is -0.587. The molecule has 0 fully saturated rings. The van der Waals surface area contributed by atoms with Gasteiger partial charge in [-0.05, 0) is 0 Å². The summed E-state index contributed by atoms with van der Waals surface area (Å²) in [5, 5.41) is 18.8. The highest BCUT2D eigenvalue weighted by atomic mass is 16.4. The van der Waals surface area contributed by atoms with Gasteiger partial charge < -0.3 is 10.9 Å². The molecule has 0 aliphatic carbocycles. The van der Waals surface area contributed by atoms with Gasteiger partial charge in [-0.1, -0.05) is 5.16 Å². The maximum atomic E-state index is 8.41. The molecule has 2 aromatic heterocycles. The van der Waals surface area contributed by atoms with Gasteiger partial charge in [0.05, 0.1) is 24.5 Å². The zero-order chi connectivity index (χ0) is 9.97. The van der Waals surface area contributed by atoms with Crippen molar-refractivity contribution in [2.45, 2.75) is 6.42 Å². The molecule has 0 aliphatic heterocycles. The molecule has 0 bridgehead atoms. The number of hydrogen-bond acceptors (Lipinski definition) is 5. The molecule has 14 heavy (non-hydrogen) atoms. The van der Waals surface area contributed by atoms with E-state index in [-0.39, 0.29) is 5.84 Å². The zero-order valence-corrected chi connectivity index (χ0v) is 7.20.